The lowest BCUT2D eigenvalue weighted by Crippen LogP contribution is -2.55. The zero-order chi connectivity index (χ0) is 16.8. The summed E-state index contributed by atoms with van der Waals surface area (Å²) in [6.07, 6.45) is 11.5. The summed E-state index contributed by atoms with van der Waals surface area (Å²) in [6, 6.07) is 8.10. The Morgan fingerprint density at radius 2 is 1.76 bits per heavy atom. The van der Waals surface area contributed by atoms with Gasteiger partial charge in [-0.1, -0.05) is 6.07 Å². The van der Waals surface area contributed by atoms with Crippen LogP contribution < -0.4 is 0 Å². The Balaban J connectivity index is 1.30. The lowest BCUT2D eigenvalue weighted by atomic mass is 9.83. The van der Waals surface area contributed by atoms with E-state index in [0.717, 1.165) is 37.2 Å². The van der Waals surface area contributed by atoms with Crippen LogP contribution in [0, 0.1) is 5.92 Å². The summed E-state index contributed by atoms with van der Waals surface area (Å²) in [5.74, 6) is 0.972. The van der Waals surface area contributed by atoms with E-state index in [2.05, 4.69) is 28.0 Å². The minimum absolute atomic E-state index is 0.273. The molecule has 1 amide bonds. The van der Waals surface area contributed by atoms with Gasteiger partial charge >= 0.3 is 0 Å². The first-order valence-electron chi connectivity index (χ1n) is 10.5. The van der Waals surface area contributed by atoms with Crippen LogP contribution in [0.15, 0.2) is 18.2 Å². The fraction of sp³-hybridized carbons (Fsp3) is 0.682. The number of rotatable bonds is 2. The zero-order valence-electron chi connectivity index (χ0n) is 15.3. The van der Waals surface area contributed by atoms with Gasteiger partial charge in [0.1, 0.15) is 0 Å². The highest BCUT2D eigenvalue weighted by atomic mass is 16.2. The Kier molecular flexibility index (Phi) is 4.08. The van der Waals surface area contributed by atoms with Crippen LogP contribution in [0.5, 0.6) is 0 Å². The van der Waals surface area contributed by atoms with E-state index in [9.17, 15) is 4.79 Å². The molecule has 1 saturated carbocycles. The van der Waals surface area contributed by atoms with Crippen LogP contribution in [-0.2, 0) is 12.8 Å². The molecule has 2 atom stereocenters. The predicted octanol–water partition coefficient (Wildman–Crippen LogP) is 3.65. The van der Waals surface area contributed by atoms with Crippen molar-refractivity contribution in [1.29, 1.82) is 0 Å². The van der Waals surface area contributed by atoms with Crippen molar-refractivity contribution in [1.82, 2.24) is 9.80 Å². The number of piperidine rings is 2. The minimum atomic E-state index is 0.273. The molecule has 0 aromatic heterocycles. The first-order valence-corrected chi connectivity index (χ1v) is 10.5. The molecular weight excluding hydrogens is 308 g/mol. The molecule has 0 radical (unpaired) electrons. The number of fused-ring (bicyclic) bond motifs is 2. The average molecular weight is 338 g/mol. The van der Waals surface area contributed by atoms with E-state index >= 15 is 0 Å². The number of benzene rings is 1. The highest BCUT2D eigenvalue weighted by Crippen LogP contribution is 2.38. The van der Waals surface area contributed by atoms with Crippen LogP contribution in [0.4, 0.5) is 0 Å². The molecule has 0 N–H and O–H groups in total. The third-order valence-corrected chi connectivity index (χ3v) is 7.01. The Hall–Kier alpha value is -1.35. The van der Waals surface area contributed by atoms with Crippen molar-refractivity contribution in [3.8, 4) is 0 Å². The summed E-state index contributed by atoms with van der Waals surface area (Å²) in [5, 5.41) is 0. The molecule has 3 fully saturated rings. The van der Waals surface area contributed by atoms with Crippen molar-refractivity contribution in [2.45, 2.75) is 69.9 Å². The van der Waals surface area contributed by atoms with Crippen molar-refractivity contribution in [3.05, 3.63) is 34.9 Å². The summed E-state index contributed by atoms with van der Waals surface area (Å²) < 4.78 is 0. The molecule has 0 bridgehead atoms. The molecule has 3 heteroatoms. The smallest absolute Gasteiger partial charge is 0.253 e. The maximum absolute atomic E-state index is 13.1. The number of hydrogen-bond donors (Lipinski definition) is 0. The molecule has 2 saturated heterocycles. The number of aryl methyl sites for hydroxylation is 2. The summed E-state index contributed by atoms with van der Waals surface area (Å²) in [5.41, 5.74) is 3.81. The van der Waals surface area contributed by atoms with Crippen LogP contribution in [-0.4, -0.2) is 47.4 Å². The van der Waals surface area contributed by atoms with Gasteiger partial charge in [0.05, 0.1) is 0 Å². The van der Waals surface area contributed by atoms with Gasteiger partial charge in [-0.15, -0.1) is 0 Å². The standard InChI is InChI=1S/C22H30N2O/c25-22(18-8-7-16-4-1-2-5-17(16)14-18)23-13-11-21-19(15-23)6-3-12-24(21)20-9-10-20/h7-8,14,19-21H,1-6,9-13,15H2/t19-,21-/m0/s1. The average Bonchev–Trinajstić information content (AvgIpc) is 3.51. The SMILES string of the molecule is O=C(c1ccc2c(c1)CCCC2)N1CC[C@H]2[C@@H](CCCN2C2CC2)C1. The normalized spacial score (nSPS) is 29.8. The van der Waals surface area contributed by atoms with Crippen molar-refractivity contribution in [2.24, 2.45) is 5.92 Å². The van der Waals surface area contributed by atoms with Crippen LogP contribution >= 0.6 is 0 Å². The molecular formula is C22H30N2O. The largest absolute Gasteiger partial charge is 0.338 e. The van der Waals surface area contributed by atoms with E-state index in [-0.39, 0.29) is 5.91 Å². The molecule has 2 heterocycles. The van der Waals surface area contributed by atoms with E-state index in [4.69, 9.17) is 0 Å². The lowest BCUT2D eigenvalue weighted by Gasteiger charge is -2.47. The van der Waals surface area contributed by atoms with Crippen LogP contribution in [0.1, 0.15) is 66.4 Å². The molecule has 4 aliphatic rings. The van der Waals surface area contributed by atoms with Gasteiger partial charge in [0.15, 0.2) is 0 Å². The van der Waals surface area contributed by atoms with Crippen LogP contribution in [0.3, 0.4) is 0 Å². The molecule has 3 nitrogen and oxygen atoms in total. The van der Waals surface area contributed by atoms with E-state index in [1.54, 1.807) is 0 Å². The fourth-order valence-electron chi connectivity index (χ4n) is 5.54. The monoisotopic (exact) mass is 338 g/mol. The number of nitrogens with zero attached hydrogens (tertiary/aromatic N) is 2. The van der Waals surface area contributed by atoms with Gasteiger partial charge in [0, 0.05) is 30.7 Å². The zero-order valence-corrected chi connectivity index (χ0v) is 15.3. The first-order chi connectivity index (χ1) is 12.3. The third-order valence-electron chi connectivity index (χ3n) is 7.01. The summed E-state index contributed by atoms with van der Waals surface area (Å²) >= 11 is 0. The fourth-order valence-corrected chi connectivity index (χ4v) is 5.54. The van der Waals surface area contributed by atoms with E-state index in [0.29, 0.717) is 5.92 Å². The van der Waals surface area contributed by atoms with E-state index in [1.807, 2.05) is 0 Å². The Bertz CT molecular complexity index is 666. The molecule has 25 heavy (non-hydrogen) atoms. The topological polar surface area (TPSA) is 23.6 Å². The number of likely N-dealkylation sites (tertiary alicyclic amines) is 2. The molecule has 0 spiro atoms. The van der Waals surface area contributed by atoms with Gasteiger partial charge in [0.2, 0.25) is 0 Å². The first kappa shape index (κ1) is 15.9. The van der Waals surface area contributed by atoms with Crippen LogP contribution in [0.25, 0.3) is 0 Å². The molecule has 1 aromatic rings. The maximum atomic E-state index is 13.1. The van der Waals surface area contributed by atoms with Gasteiger partial charge in [-0.05, 0) is 93.5 Å². The quantitative estimate of drug-likeness (QED) is 0.822. The van der Waals surface area contributed by atoms with Crippen molar-refractivity contribution < 1.29 is 4.79 Å². The third kappa shape index (κ3) is 3.01. The van der Waals surface area contributed by atoms with Crippen molar-refractivity contribution in [2.75, 3.05) is 19.6 Å². The molecule has 5 rings (SSSR count). The van der Waals surface area contributed by atoms with Gasteiger partial charge in [-0.2, -0.15) is 0 Å². The van der Waals surface area contributed by atoms with Crippen LogP contribution in [0.2, 0.25) is 0 Å². The second-order valence-corrected chi connectivity index (χ2v) is 8.67. The number of hydrogen-bond acceptors (Lipinski definition) is 2. The molecule has 1 aromatic carbocycles. The summed E-state index contributed by atoms with van der Waals surface area (Å²) in [7, 11) is 0. The number of carbonyl (C=O) groups excluding carboxylic acids is 1. The second kappa shape index (κ2) is 6.42. The van der Waals surface area contributed by atoms with Crippen molar-refractivity contribution in [3.63, 3.8) is 0 Å². The molecule has 134 valence electrons. The van der Waals surface area contributed by atoms with Gasteiger partial charge in [-0.3, -0.25) is 9.69 Å². The van der Waals surface area contributed by atoms with Crippen molar-refractivity contribution >= 4 is 5.91 Å². The number of amides is 1. The highest BCUT2D eigenvalue weighted by molar-refractivity contribution is 5.94. The predicted molar refractivity (Wildman–Crippen MR) is 99.8 cm³/mol. The van der Waals surface area contributed by atoms with Gasteiger partial charge < -0.3 is 4.90 Å². The highest BCUT2D eigenvalue weighted by Gasteiger charge is 2.42. The molecule has 2 aliphatic heterocycles. The molecule has 0 unspecified atom stereocenters. The molecule has 2 aliphatic carbocycles. The van der Waals surface area contributed by atoms with E-state index < -0.39 is 0 Å². The summed E-state index contributed by atoms with van der Waals surface area (Å²) in [6.45, 7) is 3.22. The van der Waals surface area contributed by atoms with Gasteiger partial charge in [-0.25, -0.2) is 0 Å². The maximum Gasteiger partial charge on any atom is 0.253 e. The van der Waals surface area contributed by atoms with E-state index in [1.165, 1.54) is 69.0 Å². The Morgan fingerprint density at radius 1 is 0.920 bits per heavy atom. The minimum Gasteiger partial charge on any atom is -0.338 e. The summed E-state index contributed by atoms with van der Waals surface area (Å²) in [4.78, 5) is 18.0. The Labute approximate surface area is 151 Å². The second-order valence-electron chi connectivity index (χ2n) is 8.67. The van der Waals surface area contributed by atoms with Gasteiger partial charge in [0.25, 0.3) is 5.91 Å². The lowest BCUT2D eigenvalue weighted by molar-refractivity contribution is 0.0174. The Morgan fingerprint density at radius 3 is 2.60 bits per heavy atom. The number of carbonyl (C=O) groups is 1.